The van der Waals surface area contributed by atoms with Gasteiger partial charge in [-0.3, -0.25) is 4.90 Å². The van der Waals surface area contributed by atoms with Crippen molar-refractivity contribution in [3.63, 3.8) is 0 Å². The first-order valence-electron chi connectivity index (χ1n) is 8.21. The number of piperazine rings is 1. The maximum absolute atomic E-state index is 12.1. The van der Waals surface area contributed by atoms with E-state index in [0.717, 1.165) is 26.2 Å². The molecule has 0 saturated carbocycles. The Balaban J connectivity index is 1.53. The summed E-state index contributed by atoms with van der Waals surface area (Å²) in [5, 5.41) is 12.3. The average molecular weight is 365 g/mol. The first kappa shape index (κ1) is 17.4. The molecule has 1 atom stereocenters. The van der Waals surface area contributed by atoms with Crippen molar-refractivity contribution >= 4 is 28.7 Å². The molecule has 0 aromatic carbocycles. The fourth-order valence-electron chi connectivity index (χ4n) is 2.89. The SMILES string of the molecule is CN1CCN(C(CNC(=O)NCc2cccs2)c2ccsc2)CC1. The van der Waals surface area contributed by atoms with Crippen LogP contribution in [0.15, 0.2) is 34.3 Å². The molecule has 1 saturated heterocycles. The molecule has 7 heteroatoms. The number of hydrogen-bond donors (Lipinski definition) is 2. The summed E-state index contributed by atoms with van der Waals surface area (Å²) in [7, 11) is 2.16. The number of rotatable bonds is 6. The normalized spacial score (nSPS) is 17.5. The van der Waals surface area contributed by atoms with Crippen LogP contribution in [-0.2, 0) is 6.54 Å². The summed E-state index contributed by atoms with van der Waals surface area (Å²) < 4.78 is 0. The lowest BCUT2D eigenvalue weighted by molar-refractivity contribution is 0.111. The van der Waals surface area contributed by atoms with Crippen LogP contribution in [0, 0.1) is 0 Å². The molecule has 2 aromatic heterocycles. The highest BCUT2D eigenvalue weighted by Gasteiger charge is 2.24. The van der Waals surface area contributed by atoms with E-state index in [9.17, 15) is 4.79 Å². The van der Waals surface area contributed by atoms with Gasteiger partial charge in [0.05, 0.1) is 12.6 Å². The maximum atomic E-state index is 12.1. The van der Waals surface area contributed by atoms with Crippen LogP contribution < -0.4 is 10.6 Å². The van der Waals surface area contributed by atoms with Crippen molar-refractivity contribution in [2.75, 3.05) is 39.8 Å². The number of nitrogens with one attached hydrogen (secondary N) is 2. The van der Waals surface area contributed by atoms with Gasteiger partial charge in [-0.1, -0.05) is 6.07 Å². The Morgan fingerprint density at radius 1 is 1.21 bits per heavy atom. The minimum Gasteiger partial charge on any atom is -0.336 e. The zero-order valence-electron chi connectivity index (χ0n) is 13.9. The predicted octanol–water partition coefficient (Wildman–Crippen LogP) is 2.60. The largest absolute Gasteiger partial charge is 0.336 e. The quantitative estimate of drug-likeness (QED) is 0.828. The summed E-state index contributed by atoms with van der Waals surface area (Å²) in [5.74, 6) is 0. The van der Waals surface area contributed by atoms with Crippen molar-refractivity contribution in [3.05, 3.63) is 44.8 Å². The Hall–Kier alpha value is -1.41. The second kappa shape index (κ2) is 8.62. The number of nitrogens with zero attached hydrogens (tertiary/aromatic N) is 2. The Labute approximate surface area is 151 Å². The van der Waals surface area contributed by atoms with E-state index in [0.29, 0.717) is 13.1 Å². The van der Waals surface area contributed by atoms with Gasteiger partial charge in [-0.15, -0.1) is 11.3 Å². The molecular weight excluding hydrogens is 340 g/mol. The minimum absolute atomic E-state index is 0.0993. The van der Waals surface area contributed by atoms with Gasteiger partial charge >= 0.3 is 6.03 Å². The summed E-state index contributed by atoms with van der Waals surface area (Å²) >= 11 is 3.37. The molecule has 1 aliphatic heterocycles. The molecule has 0 radical (unpaired) electrons. The van der Waals surface area contributed by atoms with Crippen LogP contribution in [0.1, 0.15) is 16.5 Å². The smallest absolute Gasteiger partial charge is 0.315 e. The van der Waals surface area contributed by atoms with Crippen molar-refractivity contribution in [1.82, 2.24) is 20.4 Å². The highest BCUT2D eigenvalue weighted by atomic mass is 32.1. The van der Waals surface area contributed by atoms with Gasteiger partial charge in [-0.05, 0) is 40.9 Å². The molecule has 130 valence electrons. The molecule has 3 rings (SSSR count). The molecule has 24 heavy (non-hydrogen) atoms. The molecule has 1 fully saturated rings. The molecule has 0 spiro atoms. The maximum Gasteiger partial charge on any atom is 0.315 e. The first-order chi connectivity index (χ1) is 11.7. The summed E-state index contributed by atoms with van der Waals surface area (Å²) in [6.45, 7) is 5.44. The lowest BCUT2D eigenvalue weighted by Crippen LogP contribution is -2.49. The lowest BCUT2D eigenvalue weighted by atomic mass is 10.1. The summed E-state index contributed by atoms with van der Waals surface area (Å²) in [5.41, 5.74) is 1.29. The van der Waals surface area contributed by atoms with Crippen LogP contribution in [-0.4, -0.2) is 55.6 Å². The van der Waals surface area contributed by atoms with E-state index in [1.54, 1.807) is 22.7 Å². The third-order valence-corrected chi connectivity index (χ3v) is 5.94. The van der Waals surface area contributed by atoms with Crippen molar-refractivity contribution in [2.24, 2.45) is 0 Å². The summed E-state index contributed by atoms with van der Waals surface area (Å²) in [6, 6.07) is 6.34. The van der Waals surface area contributed by atoms with Gasteiger partial charge in [0.15, 0.2) is 0 Å². The molecule has 0 aliphatic carbocycles. The predicted molar refractivity (Wildman–Crippen MR) is 101 cm³/mol. The molecule has 3 heterocycles. The minimum atomic E-state index is -0.0993. The van der Waals surface area contributed by atoms with Gasteiger partial charge in [0.1, 0.15) is 0 Å². The van der Waals surface area contributed by atoms with Crippen molar-refractivity contribution in [2.45, 2.75) is 12.6 Å². The van der Waals surface area contributed by atoms with Crippen LogP contribution in [0.4, 0.5) is 4.79 Å². The number of likely N-dealkylation sites (N-methyl/N-ethyl adjacent to an activating group) is 1. The topological polar surface area (TPSA) is 47.6 Å². The highest BCUT2D eigenvalue weighted by molar-refractivity contribution is 7.09. The number of thiophene rings is 2. The molecule has 5 nitrogen and oxygen atoms in total. The van der Waals surface area contributed by atoms with E-state index in [1.165, 1.54) is 10.4 Å². The number of urea groups is 1. The van der Waals surface area contributed by atoms with Gasteiger partial charge in [-0.2, -0.15) is 11.3 Å². The van der Waals surface area contributed by atoms with E-state index in [4.69, 9.17) is 0 Å². The van der Waals surface area contributed by atoms with Crippen molar-refractivity contribution in [3.8, 4) is 0 Å². The van der Waals surface area contributed by atoms with Gasteiger partial charge in [0.25, 0.3) is 0 Å². The summed E-state index contributed by atoms with van der Waals surface area (Å²) in [6.07, 6.45) is 0. The van der Waals surface area contributed by atoms with Crippen LogP contribution in [0.25, 0.3) is 0 Å². The van der Waals surface area contributed by atoms with Crippen molar-refractivity contribution in [1.29, 1.82) is 0 Å². The molecular formula is C17H24N4OS2. The van der Waals surface area contributed by atoms with E-state index in [-0.39, 0.29) is 12.1 Å². The third-order valence-electron chi connectivity index (χ3n) is 4.37. The second-order valence-corrected chi connectivity index (χ2v) is 7.87. The molecule has 1 unspecified atom stereocenters. The Morgan fingerprint density at radius 3 is 2.71 bits per heavy atom. The third kappa shape index (κ3) is 4.80. The molecule has 2 aromatic rings. The number of amides is 2. The fraction of sp³-hybridized carbons (Fsp3) is 0.471. The Morgan fingerprint density at radius 2 is 2.04 bits per heavy atom. The number of hydrogen-bond acceptors (Lipinski definition) is 5. The van der Waals surface area contributed by atoms with Crippen LogP contribution >= 0.6 is 22.7 Å². The zero-order chi connectivity index (χ0) is 16.8. The lowest BCUT2D eigenvalue weighted by Gasteiger charge is -2.37. The van der Waals surface area contributed by atoms with E-state index < -0.39 is 0 Å². The molecule has 1 aliphatic rings. The van der Waals surface area contributed by atoms with Crippen molar-refractivity contribution < 1.29 is 4.79 Å². The molecule has 0 bridgehead atoms. The summed E-state index contributed by atoms with van der Waals surface area (Å²) in [4.78, 5) is 18.1. The van der Waals surface area contributed by atoms with E-state index >= 15 is 0 Å². The first-order valence-corrected chi connectivity index (χ1v) is 10.0. The Kier molecular flexibility index (Phi) is 6.25. The van der Waals surface area contributed by atoms with Crippen LogP contribution in [0.3, 0.4) is 0 Å². The van der Waals surface area contributed by atoms with Crippen LogP contribution in [0.5, 0.6) is 0 Å². The van der Waals surface area contributed by atoms with Gasteiger partial charge in [-0.25, -0.2) is 4.79 Å². The van der Waals surface area contributed by atoms with Gasteiger partial charge < -0.3 is 15.5 Å². The highest BCUT2D eigenvalue weighted by Crippen LogP contribution is 2.23. The van der Waals surface area contributed by atoms with Gasteiger partial charge in [0.2, 0.25) is 0 Å². The van der Waals surface area contributed by atoms with E-state index in [2.05, 4.69) is 44.3 Å². The molecule has 2 amide bonds. The monoisotopic (exact) mass is 364 g/mol. The zero-order valence-corrected chi connectivity index (χ0v) is 15.5. The number of carbonyl (C=O) groups is 1. The van der Waals surface area contributed by atoms with Crippen LogP contribution in [0.2, 0.25) is 0 Å². The Bertz CT molecular complexity index is 607. The standard InChI is InChI=1S/C17H24N4OS2/c1-20-5-7-21(8-6-20)16(14-4-10-23-13-14)12-19-17(22)18-11-15-3-2-9-24-15/h2-4,9-10,13,16H,5-8,11-12H2,1H3,(H2,18,19,22). The van der Waals surface area contributed by atoms with E-state index in [1.807, 2.05) is 17.5 Å². The van der Waals surface area contributed by atoms with Gasteiger partial charge in [0, 0.05) is 37.6 Å². The second-order valence-electron chi connectivity index (χ2n) is 6.05. The number of carbonyl (C=O) groups excluding carboxylic acids is 1. The fourth-order valence-corrected chi connectivity index (χ4v) is 4.24. The average Bonchev–Trinajstić information content (AvgIpc) is 3.28. The molecule has 2 N–H and O–H groups in total.